The van der Waals surface area contributed by atoms with Gasteiger partial charge < -0.3 is 24.2 Å². The van der Waals surface area contributed by atoms with Gasteiger partial charge in [0, 0.05) is 20.1 Å². The number of carbonyl (C=O) groups is 2. The van der Waals surface area contributed by atoms with Crippen LogP contribution in [0.1, 0.15) is 13.3 Å². The molecule has 1 amide bonds. The fourth-order valence-corrected chi connectivity index (χ4v) is 2.50. The second-order valence-electron chi connectivity index (χ2n) is 5.19. The molecule has 1 fully saturated rings. The van der Waals surface area contributed by atoms with Crippen molar-refractivity contribution in [1.29, 1.82) is 0 Å². The zero-order chi connectivity index (χ0) is 16.8. The van der Waals surface area contributed by atoms with Crippen molar-refractivity contribution in [2.45, 2.75) is 25.5 Å². The fraction of sp³-hybridized carbons (Fsp3) is 0.500. The molecule has 0 radical (unpaired) electrons. The number of amides is 1. The van der Waals surface area contributed by atoms with Gasteiger partial charge in [0.2, 0.25) is 0 Å². The van der Waals surface area contributed by atoms with E-state index in [0.717, 1.165) is 5.75 Å². The molecule has 0 bridgehead atoms. The number of likely N-dealkylation sites (tertiary alicyclic amines) is 1. The number of rotatable bonds is 7. The third kappa shape index (κ3) is 4.35. The average Bonchev–Trinajstić information content (AvgIpc) is 2.99. The normalized spacial score (nSPS) is 20.3. The van der Waals surface area contributed by atoms with Gasteiger partial charge in [-0.15, -0.1) is 0 Å². The summed E-state index contributed by atoms with van der Waals surface area (Å²) in [5.74, 6) is -0.152. The monoisotopic (exact) mass is 323 g/mol. The zero-order valence-corrected chi connectivity index (χ0v) is 13.2. The molecule has 2 atom stereocenters. The highest BCUT2D eigenvalue weighted by Gasteiger charge is 2.39. The Morgan fingerprint density at radius 3 is 2.35 bits per heavy atom. The highest BCUT2D eigenvalue weighted by molar-refractivity contribution is 5.85. The van der Waals surface area contributed by atoms with Crippen molar-refractivity contribution >= 4 is 11.9 Å². The summed E-state index contributed by atoms with van der Waals surface area (Å²) in [6.45, 7) is 2.52. The molecule has 1 aliphatic rings. The van der Waals surface area contributed by atoms with Crippen LogP contribution in [0.2, 0.25) is 0 Å². The van der Waals surface area contributed by atoms with Crippen LogP contribution in [0.4, 0.5) is 0 Å². The first-order chi connectivity index (χ1) is 11.0. The molecule has 2 unspecified atom stereocenters. The summed E-state index contributed by atoms with van der Waals surface area (Å²) in [7, 11) is 1.51. The molecule has 1 heterocycles. The number of hydrogen-bond acceptors (Lipinski definition) is 5. The van der Waals surface area contributed by atoms with Crippen molar-refractivity contribution in [2.75, 3.05) is 26.9 Å². The molecule has 2 rings (SSSR count). The maximum absolute atomic E-state index is 12.2. The Balaban J connectivity index is 1.91. The Bertz CT molecular complexity index is 544. The first-order valence-corrected chi connectivity index (χ1v) is 7.45. The first kappa shape index (κ1) is 17.1. The van der Waals surface area contributed by atoms with Crippen LogP contribution in [0.5, 0.6) is 11.5 Å². The smallest absolute Gasteiger partial charge is 0.326 e. The average molecular weight is 323 g/mol. The van der Waals surface area contributed by atoms with E-state index in [0.29, 0.717) is 18.8 Å². The summed E-state index contributed by atoms with van der Waals surface area (Å²) in [5.41, 5.74) is 0. The molecule has 126 valence electrons. The van der Waals surface area contributed by atoms with Gasteiger partial charge in [0.1, 0.15) is 17.5 Å². The molecule has 1 aromatic carbocycles. The number of hydrogen-bond donors (Lipinski definition) is 1. The van der Waals surface area contributed by atoms with Crippen molar-refractivity contribution in [3.05, 3.63) is 24.3 Å². The van der Waals surface area contributed by atoms with Crippen LogP contribution in [0.15, 0.2) is 24.3 Å². The van der Waals surface area contributed by atoms with Gasteiger partial charge in [0.05, 0.1) is 12.7 Å². The summed E-state index contributed by atoms with van der Waals surface area (Å²) in [6.07, 6.45) is 0.0335. The predicted molar refractivity (Wildman–Crippen MR) is 81.7 cm³/mol. The summed E-state index contributed by atoms with van der Waals surface area (Å²) in [4.78, 5) is 24.8. The number of aliphatic carboxylic acids is 1. The minimum atomic E-state index is -1.03. The third-order valence-electron chi connectivity index (χ3n) is 3.70. The standard InChI is InChI=1S/C16H21NO6/c1-3-22-11-4-6-12(7-5-11)23-10-15(18)17-9-13(21-2)8-14(17)16(19)20/h4-7,13-14H,3,8-10H2,1-2H3,(H,19,20). The van der Waals surface area contributed by atoms with Crippen LogP contribution in [0.25, 0.3) is 0 Å². The lowest BCUT2D eigenvalue weighted by molar-refractivity contribution is -0.148. The number of methoxy groups -OCH3 is 1. The van der Waals surface area contributed by atoms with E-state index in [1.807, 2.05) is 6.92 Å². The third-order valence-corrected chi connectivity index (χ3v) is 3.70. The Morgan fingerprint density at radius 2 is 1.83 bits per heavy atom. The van der Waals surface area contributed by atoms with E-state index in [1.165, 1.54) is 12.0 Å². The van der Waals surface area contributed by atoms with Gasteiger partial charge in [-0.2, -0.15) is 0 Å². The first-order valence-electron chi connectivity index (χ1n) is 7.45. The molecular weight excluding hydrogens is 302 g/mol. The van der Waals surface area contributed by atoms with E-state index in [2.05, 4.69) is 0 Å². The molecule has 0 aliphatic carbocycles. The maximum atomic E-state index is 12.2. The molecule has 7 nitrogen and oxygen atoms in total. The van der Waals surface area contributed by atoms with E-state index in [4.69, 9.17) is 14.2 Å². The largest absolute Gasteiger partial charge is 0.494 e. The number of carboxylic acids is 1. The highest BCUT2D eigenvalue weighted by atomic mass is 16.5. The van der Waals surface area contributed by atoms with Crippen LogP contribution in [-0.2, 0) is 14.3 Å². The topological polar surface area (TPSA) is 85.3 Å². The van der Waals surface area contributed by atoms with Crippen molar-refractivity contribution < 1.29 is 28.9 Å². The number of carbonyl (C=O) groups excluding carboxylic acids is 1. The Hall–Kier alpha value is -2.28. The van der Waals surface area contributed by atoms with Crippen molar-refractivity contribution in [3.63, 3.8) is 0 Å². The molecule has 0 spiro atoms. The number of carboxylic acid groups (broad SMARTS) is 1. The summed E-state index contributed by atoms with van der Waals surface area (Å²) < 4.78 is 15.9. The molecule has 0 saturated carbocycles. The van der Waals surface area contributed by atoms with E-state index < -0.39 is 12.0 Å². The minimum absolute atomic E-state index is 0.214. The van der Waals surface area contributed by atoms with Gasteiger partial charge in [-0.25, -0.2) is 4.79 Å². The number of nitrogens with zero attached hydrogens (tertiary/aromatic N) is 1. The minimum Gasteiger partial charge on any atom is -0.494 e. The molecular formula is C16H21NO6. The summed E-state index contributed by atoms with van der Waals surface area (Å²) >= 11 is 0. The van der Waals surface area contributed by atoms with Crippen LogP contribution < -0.4 is 9.47 Å². The van der Waals surface area contributed by atoms with Gasteiger partial charge in [-0.1, -0.05) is 0 Å². The predicted octanol–water partition coefficient (Wildman–Crippen LogP) is 1.16. The molecule has 23 heavy (non-hydrogen) atoms. The van der Waals surface area contributed by atoms with E-state index in [1.54, 1.807) is 24.3 Å². The Kier molecular flexibility index (Phi) is 5.81. The van der Waals surface area contributed by atoms with Gasteiger partial charge in [0.25, 0.3) is 5.91 Å². The summed E-state index contributed by atoms with van der Waals surface area (Å²) in [5, 5.41) is 9.21. The van der Waals surface area contributed by atoms with Crippen molar-refractivity contribution in [2.24, 2.45) is 0 Å². The lowest BCUT2D eigenvalue weighted by Crippen LogP contribution is -2.43. The van der Waals surface area contributed by atoms with Gasteiger partial charge in [0.15, 0.2) is 6.61 Å². The summed E-state index contributed by atoms with van der Waals surface area (Å²) in [6, 6.07) is 6.04. The van der Waals surface area contributed by atoms with Gasteiger partial charge in [-0.05, 0) is 31.2 Å². The van der Waals surface area contributed by atoms with Gasteiger partial charge in [-0.3, -0.25) is 4.79 Å². The molecule has 0 aromatic heterocycles. The second-order valence-corrected chi connectivity index (χ2v) is 5.19. The van der Waals surface area contributed by atoms with E-state index >= 15 is 0 Å². The van der Waals surface area contributed by atoms with Gasteiger partial charge >= 0.3 is 5.97 Å². The highest BCUT2D eigenvalue weighted by Crippen LogP contribution is 2.21. The molecule has 1 N–H and O–H groups in total. The Morgan fingerprint density at radius 1 is 1.22 bits per heavy atom. The molecule has 1 saturated heterocycles. The van der Waals surface area contributed by atoms with E-state index in [-0.39, 0.29) is 25.2 Å². The lowest BCUT2D eigenvalue weighted by Gasteiger charge is -2.21. The second kappa shape index (κ2) is 7.82. The SMILES string of the molecule is CCOc1ccc(OCC(=O)N2CC(OC)CC2C(=O)O)cc1. The quantitative estimate of drug-likeness (QED) is 0.810. The number of ether oxygens (including phenoxy) is 3. The molecule has 1 aromatic rings. The Labute approximate surface area is 134 Å². The fourth-order valence-electron chi connectivity index (χ4n) is 2.50. The molecule has 1 aliphatic heterocycles. The number of benzene rings is 1. The van der Waals surface area contributed by atoms with Crippen LogP contribution in [0.3, 0.4) is 0 Å². The van der Waals surface area contributed by atoms with Crippen LogP contribution in [-0.4, -0.2) is 60.9 Å². The molecule has 7 heteroatoms. The van der Waals surface area contributed by atoms with Crippen molar-refractivity contribution in [1.82, 2.24) is 4.90 Å². The lowest BCUT2D eigenvalue weighted by atomic mass is 10.2. The van der Waals surface area contributed by atoms with E-state index in [9.17, 15) is 14.7 Å². The van der Waals surface area contributed by atoms with Crippen LogP contribution in [0, 0.1) is 0 Å². The van der Waals surface area contributed by atoms with Crippen molar-refractivity contribution in [3.8, 4) is 11.5 Å². The zero-order valence-electron chi connectivity index (χ0n) is 13.2. The maximum Gasteiger partial charge on any atom is 0.326 e. The van der Waals surface area contributed by atoms with Crippen LogP contribution >= 0.6 is 0 Å².